The maximum Gasteiger partial charge on any atom is 0.137 e. The van der Waals surface area contributed by atoms with E-state index in [-0.39, 0.29) is 0 Å². The van der Waals surface area contributed by atoms with E-state index in [4.69, 9.17) is 0 Å². The normalized spacial score (nSPS) is 8.44. The fourth-order valence-corrected chi connectivity index (χ4v) is 0.983. The van der Waals surface area contributed by atoms with Crippen LogP contribution >= 0.6 is 22.9 Å². The molecule has 1 N–H and O–H groups in total. The zero-order valence-electron chi connectivity index (χ0n) is 18.2. The highest BCUT2D eigenvalue weighted by molar-refractivity contribution is 7.07. The second kappa shape index (κ2) is 26.5. The summed E-state index contributed by atoms with van der Waals surface area (Å²) in [5.41, 5.74) is 5.04. The van der Waals surface area contributed by atoms with E-state index in [1.54, 1.807) is 16.5 Å². The van der Waals surface area contributed by atoms with Crippen molar-refractivity contribution in [2.24, 2.45) is 17.8 Å². The van der Waals surface area contributed by atoms with E-state index >= 15 is 0 Å². The van der Waals surface area contributed by atoms with Crippen molar-refractivity contribution in [1.82, 2.24) is 34.7 Å². The van der Waals surface area contributed by atoms with Crippen LogP contribution in [-0.4, -0.2) is 34.7 Å². The topological polar surface area (TPSA) is 93.1 Å². The Labute approximate surface area is 173 Å². The number of hydrogen-bond donors (Lipinski definition) is 1. The van der Waals surface area contributed by atoms with Crippen LogP contribution in [0.3, 0.4) is 0 Å². The summed E-state index contributed by atoms with van der Waals surface area (Å²) in [6.45, 7) is 19.5. The van der Waals surface area contributed by atoms with Crippen LogP contribution in [0.25, 0.3) is 0 Å². The van der Waals surface area contributed by atoms with E-state index in [1.807, 2.05) is 0 Å². The molecule has 3 rings (SSSR count). The Bertz CT molecular complexity index is 359. The van der Waals surface area contributed by atoms with E-state index in [2.05, 4.69) is 97.0 Å². The Morgan fingerprint density at radius 3 is 1.26 bits per heavy atom. The molecule has 3 aromatic rings. The molecule has 0 aliphatic carbocycles. The van der Waals surface area contributed by atoms with Gasteiger partial charge in [0, 0.05) is 0 Å². The number of hydrogen-bond acceptors (Lipinski definition) is 8. The van der Waals surface area contributed by atoms with Crippen molar-refractivity contribution < 1.29 is 0 Å². The highest BCUT2D eigenvalue weighted by Crippen LogP contribution is 1.82. The van der Waals surface area contributed by atoms with Gasteiger partial charge in [-0.25, -0.2) is 9.97 Å². The van der Waals surface area contributed by atoms with Crippen LogP contribution in [0.5, 0.6) is 0 Å². The summed E-state index contributed by atoms with van der Waals surface area (Å²) in [4.78, 5) is 7.19. The van der Waals surface area contributed by atoms with Crippen molar-refractivity contribution in [3.05, 3.63) is 35.5 Å². The smallest absolute Gasteiger partial charge is 0.137 e. The summed E-state index contributed by atoms with van der Waals surface area (Å²) in [6.07, 6.45) is 4.48. The average molecular weight is 416 g/mol. The molecule has 0 spiro atoms. The molecule has 0 radical (unpaired) electrons. The van der Waals surface area contributed by atoms with Crippen LogP contribution in [0, 0.1) is 17.8 Å². The quantitative estimate of drug-likeness (QED) is 0.493. The molecular formula is C18H37N7S2. The first-order valence-electron chi connectivity index (χ1n) is 8.86. The van der Waals surface area contributed by atoms with Crippen molar-refractivity contribution in [3.63, 3.8) is 0 Å². The van der Waals surface area contributed by atoms with Crippen LogP contribution in [0.2, 0.25) is 0 Å². The molecular weight excluding hydrogens is 378 g/mol. The van der Waals surface area contributed by atoms with Crippen molar-refractivity contribution in [1.29, 1.82) is 0 Å². The summed E-state index contributed by atoms with van der Waals surface area (Å²) in [5, 5.41) is 13.0. The van der Waals surface area contributed by atoms with Crippen molar-refractivity contribution >= 4 is 22.9 Å². The first-order valence-corrected chi connectivity index (χ1v) is 10.6. The third kappa shape index (κ3) is 68.4. The van der Waals surface area contributed by atoms with Gasteiger partial charge in [-0.15, -0.1) is 21.5 Å². The number of aromatic nitrogens is 7. The summed E-state index contributed by atoms with van der Waals surface area (Å²) in [5.74, 6) is 2.50. The molecule has 3 aromatic heterocycles. The fraction of sp³-hybridized carbons (Fsp3) is 0.667. The molecule has 0 saturated carbocycles. The zero-order chi connectivity index (χ0) is 21.3. The summed E-state index contributed by atoms with van der Waals surface area (Å²) < 4.78 is 3.65. The molecule has 156 valence electrons. The molecule has 27 heavy (non-hydrogen) atoms. The average Bonchev–Trinajstić information content (AvgIpc) is 3.31. The van der Waals surface area contributed by atoms with Gasteiger partial charge in [-0.3, -0.25) is 5.10 Å². The Kier molecular flexibility index (Phi) is 29.4. The van der Waals surface area contributed by atoms with E-state index in [0.29, 0.717) is 0 Å². The zero-order valence-corrected chi connectivity index (χ0v) is 19.8. The van der Waals surface area contributed by atoms with Crippen LogP contribution in [0.4, 0.5) is 0 Å². The van der Waals surface area contributed by atoms with Gasteiger partial charge in [-0.1, -0.05) is 62.3 Å². The molecule has 0 aliphatic rings. The SMILES string of the molecule is CC(C)C.CC(C)C.CC(C)C.c1nc[nH]n1.c1ncsn1.c1nncs1. The Balaban J connectivity index is -0.000000258. The van der Waals surface area contributed by atoms with Crippen LogP contribution in [0.15, 0.2) is 35.5 Å². The molecule has 0 unspecified atom stereocenters. The van der Waals surface area contributed by atoms with Gasteiger partial charge < -0.3 is 0 Å². The van der Waals surface area contributed by atoms with Crippen molar-refractivity contribution in [2.45, 2.75) is 62.3 Å². The lowest BCUT2D eigenvalue weighted by Crippen LogP contribution is -1.66. The van der Waals surface area contributed by atoms with Crippen molar-refractivity contribution in [3.8, 4) is 0 Å². The standard InChI is InChI=1S/3C4H10.C2H3N3.2C2H2N2S/c3*1-4(2)3;1-3-2-5-4-1;1-3-4-2-5-1;1-3-2-5-4-1/h3*4H,1-3H3;1-2H,(H,3,4,5);2*1-2H. The third-order valence-electron chi connectivity index (χ3n) is 0.897. The largest absolute Gasteiger partial charge is 0.266 e. The molecule has 0 fully saturated rings. The van der Waals surface area contributed by atoms with Crippen molar-refractivity contribution in [2.75, 3.05) is 0 Å². The predicted octanol–water partition coefficient (Wildman–Crippen LogP) is 5.87. The van der Waals surface area contributed by atoms with Crippen LogP contribution in [-0.2, 0) is 0 Å². The van der Waals surface area contributed by atoms with Gasteiger partial charge in [-0.2, -0.15) is 9.47 Å². The number of aromatic amines is 1. The van der Waals surface area contributed by atoms with Gasteiger partial charge in [0.25, 0.3) is 0 Å². The second-order valence-corrected chi connectivity index (χ2v) is 8.33. The summed E-state index contributed by atoms with van der Waals surface area (Å²) in [6, 6.07) is 0. The monoisotopic (exact) mass is 415 g/mol. The molecule has 3 heterocycles. The lowest BCUT2D eigenvalue weighted by atomic mass is 10.3. The lowest BCUT2D eigenvalue weighted by molar-refractivity contribution is 0.736. The Hall–Kier alpha value is -1.74. The molecule has 0 aliphatic heterocycles. The van der Waals surface area contributed by atoms with Gasteiger partial charge in [0.2, 0.25) is 0 Å². The Morgan fingerprint density at radius 2 is 1.15 bits per heavy atom. The van der Waals surface area contributed by atoms with E-state index < -0.39 is 0 Å². The van der Waals surface area contributed by atoms with Gasteiger partial charge in [0.05, 0.1) is 0 Å². The summed E-state index contributed by atoms with van der Waals surface area (Å²) in [7, 11) is 0. The minimum atomic E-state index is 0.833. The van der Waals surface area contributed by atoms with Gasteiger partial charge in [0.15, 0.2) is 0 Å². The number of nitrogens with one attached hydrogen (secondary N) is 1. The lowest BCUT2D eigenvalue weighted by Gasteiger charge is -1.79. The van der Waals surface area contributed by atoms with E-state index in [1.165, 1.54) is 41.9 Å². The maximum absolute atomic E-state index is 3.65. The van der Waals surface area contributed by atoms with Crippen LogP contribution < -0.4 is 0 Å². The van der Waals surface area contributed by atoms with Crippen LogP contribution in [0.1, 0.15) is 62.3 Å². The predicted molar refractivity (Wildman–Crippen MR) is 118 cm³/mol. The second-order valence-electron chi connectivity index (χ2n) is 7.01. The molecule has 0 aromatic carbocycles. The number of nitrogens with zero attached hydrogens (tertiary/aromatic N) is 6. The molecule has 7 nitrogen and oxygen atoms in total. The van der Waals surface area contributed by atoms with E-state index in [0.717, 1.165) is 17.8 Å². The van der Waals surface area contributed by atoms with Gasteiger partial charge in [0.1, 0.15) is 35.5 Å². The molecule has 0 atom stereocenters. The Morgan fingerprint density at radius 1 is 0.667 bits per heavy atom. The first kappa shape index (κ1) is 30.0. The molecule has 0 saturated heterocycles. The third-order valence-corrected chi connectivity index (χ3v) is 1.76. The first-order chi connectivity index (χ1) is 12.7. The highest BCUT2D eigenvalue weighted by Gasteiger charge is 1.69. The highest BCUT2D eigenvalue weighted by atomic mass is 32.1. The van der Waals surface area contributed by atoms with Gasteiger partial charge in [-0.05, 0) is 29.3 Å². The molecule has 0 bridgehead atoms. The molecule has 0 amide bonds. The number of rotatable bonds is 0. The summed E-state index contributed by atoms with van der Waals surface area (Å²) >= 11 is 2.84. The minimum absolute atomic E-state index is 0.833. The number of H-pyrrole nitrogens is 1. The maximum atomic E-state index is 3.65. The molecule has 9 heteroatoms. The minimum Gasteiger partial charge on any atom is -0.266 e. The van der Waals surface area contributed by atoms with E-state index in [9.17, 15) is 0 Å². The van der Waals surface area contributed by atoms with Gasteiger partial charge >= 0.3 is 0 Å². The fourth-order valence-electron chi connectivity index (χ4n) is 0.439.